The van der Waals surface area contributed by atoms with Crippen LogP contribution in [0.4, 0.5) is 5.69 Å². The first kappa shape index (κ1) is 13.8. The number of aryl methyl sites for hydroxylation is 1. The van der Waals surface area contributed by atoms with Crippen LogP contribution in [0.15, 0.2) is 23.2 Å². The van der Waals surface area contributed by atoms with Crippen LogP contribution in [0.2, 0.25) is 0 Å². The molecule has 0 bridgehead atoms. The lowest BCUT2D eigenvalue weighted by molar-refractivity contribution is -0.146. The van der Waals surface area contributed by atoms with E-state index in [1.165, 1.54) is 37.3 Å². The largest absolute Gasteiger partial charge is 0.479 e. The lowest BCUT2D eigenvalue weighted by Gasteiger charge is -2.19. The van der Waals surface area contributed by atoms with Crippen LogP contribution in [0, 0.1) is 6.92 Å². The van der Waals surface area contributed by atoms with Crippen LogP contribution in [0.1, 0.15) is 30.1 Å². The molecule has 0 aliphatic carbocycles. The van der Waals surface area contributed by atoms with Crippen molar-refractivity contribution in [1.29, 1.82) is 0 Å². The first-order valence-corrected chi connectivity index (χ1v) is 5.82. The number of nitrogens with zero attached hydrogens (tertiary/aromatic N) is 3. The fourth-order valence-corrected chi connectivity index (χ4v) is 1.50. The maximum Gasteiger partial charge on any atom is 0.331 e. The van der Waals surface area contributed by atoms with Crippen molar-refractivity contribution in [3.63, 3.8) is 0 Å². The molecular formula is C12H14N4O4. The van der Waals surface area contributed by atoms with Crippen molar-refractivity contribution < 1.29 is 19.1 Å². The van der Waals surface area contributed by atoms with Crippen LogP contribution in [0.25, 0.3) is 0 Å². The molecule has 0 fully saturated rings. The van der Waals surface area contributed by atoms with Gasteiger partial charge in [-0.3, -0.25) is 9.48 Å². The predicted molar refractivity (Wildman–Crippen MR) is 68.4 cm³/mol. The zero-order chi connectivity index (χ0) is 14.9. The van der Waals surface area contributed by atoms with Crippen LogP contribution >= 0.6 is 0 Å². The van der Waals surface area contributed by atoms with Crippen molar-refractivity contribution >= 4 is 17.6 Å². The van der Waals surface area contributed by atoms with Gasteiger partial charge in [0.25, 0.3) is 5.91 Å². The summed E-state index contributed by atoms with van der Waals surface area (Å²) in [5.41, 5.74) is -0.355. The molecule has 8 heteroatoms. The average Bonchev–Trinajstić information content (AvgIpc) is 2.97. The van der Waals surface area contributed by atoms with Gasteiger partial charge in [0.1, 0.15) is 0 Å². The number of amides is 1. The molecule has 1 amide bonds. The van der Waals surface area contributed by atoms with Crippen molar-refractivity contribution in [2.45, 2.75) is 26.3 Å². The minimum Gasteiger partial charge on any atom is -0.479 e. The van der Waals surface area contributed by atoms with E-state index in [0.717, 1.165) is 0 Å². The molecule has 0 saturated carbocycles. The molecule has 0 unspecified atom stereocenters. The number of aliphatic carboxylic acids is 1. The number of aromatic nitrogens is 3. The second-order valence-electron chi connectivity index (χ2n) is 4.76. The zero-order valence-corrected chi connectivity index (χ0v) is 11.2. The van der Waals surface area contributed by atoms with Crippen molar-refractivity contribution in [2.24, 2.45) is 0 Å². The Bertz CT molecular complexity index is 656. The van der Waals surface area contributed by atoms with Gasteiger partial charge < -0.3 is 14.8 Å². The van der Waals surface area contributed by atoms with E-state index in [4.69, 9.17) is 9.52 Å². The van der Waals surface area contributed by atoms with Gasteiger partial charge in [-0.05, 0) is 20.8 Å². The summed E-state index contributed by atoms with van der Waals surface area (Å²) in [6, 6.07) is 0. The summed E-state index contributed by atoms with van der Waals surface area (Å²) in [6.45, 7) is 4.67. The molecule has 0 radical (unpaired) electrons. The third kappa shape index (κ3) is 2.40. The Hall–Kier alpha value is -2.64. The minimum absolute atomic E-state index is 0.107. The number of hydrogen-bond donors (Lipinski definition) is 2. The van der Waals surface area contributed by atoms with Crippen molar-refractivity contribution in [3.8, 4) is 0 Å². The maximum atomic E-state index is 11.9. The Kier molecular flexibility index (Phi) is 3.31. The Balaban J connectivity index is 2.17. The molecule has 20 heavy (non-hydrogen) atoms. The van der Waals surface area contributed by atoms with E-state index in [0.29, 0.717) is 11.4 Å². The van der Waals surface area contributed by atoms with Crippen LogP contribution < -0.4 is 5.32 Å². The van der Waals surface area contributed by atoms with Crippen LogP contribution in [-0.2, 0) is 10.3 Å². The van der Waals surface area contributed by atoms with Gasteiger partial charge in [0, 0.05) is 6.20 Å². The van der Waals surface area contributed by atoms with Crippen molar-refractivity contribution in [3.05, 3.63) is 30.2 Å². The summed E-state index contributed by atoms with van der Waals surface area (Å²) in [5.74, 6) is -1.38. The quantitative estimate of drug-likeness (QED) is 0.870. The van der Waals surface area contributed by atoms with Gasteiger partial charge in [-0.15, -0.1) is 0 Å². The Morgan fingerprint density at radius 1 is 1.45 bits per heavy atom. The number of nitrogens with one attached hydrogen (secondary N) is 1. The molecule has 0 aromatic carbocycles. The molecule has 2 heterocycles. The number of carbonyl (C=O) groups excluding carboxylic acids is 1. The zero-order valence-electron chi connectivity index (χ0n) is 11.2. The van der Waals surface area contributed by atoms with Crippen molar-refractivity contribution in [1.82, 2.24) is 14.8 Å². The van der Waals surface area contributed by atoms with E-state index in [1.807, 2.05) is 0 Å². The third-order valence-electron chi connectivity index (χ3n) is 2.89. The van der Waals surface area contributed by atoms with Crippen LogP contribution in [0.3, 0.4) is 0 Å². The van der Waals surface area contributed by atoms with E-state index in [2.05, 4.69) is 15.4 Å². The molecule has 2 aromatic heterocycles. The molecule has 0 spiro atoms. The van der Waals surface area contributed by atoms with Gasteiger partial charge in [0.05, 0.1) is 17.6 Å². The van der Waals surface area contributed by atoms with Gasteiger partial charge in [0.2, 0.25) is 5.76 Å². The van der Waals surface area contributed by atoms with E-state index in [-0.39, 0.29) is 5.76 Å². The van der Waals surface area contributed by atoms with Crippen LogP contribution in [-0.4, -0.2) is 31.7 Å². The molecule has 0 saturated heterocycles. The lowest BCUT2D eigenvalue weighted by atomic mass is 10.1. The molecular weight excluding hydrogens is 264 g/mol. The smallest absolute Gasteiger partial charge is 0.331 e. The number of carboxylic acids is 1. The number of rotatable bonds is 4. The molecule has 0 aliphatic rings. The monoisotopic (exact) mass is 278 g/mol. The van der Waals surface area contributed by atoms with Gasteiger partial charge >= 0.3 is 5.97 Å². The first-order valence-electron chi connectivity index (χ1n) is 5.82. The van der Waals surface area contributed by atoms with Gasteiger partial charge in [-0.1, -0.05) is 0 Å². The lowest BCUT2D eigenvalue weighted by Crippen LogP contribution is -2.35. The second kappa shape index (κ2) is 4.80. The Labute approximate surface area is 114 Å². The Morgan fingerprint density at radius 2 is 2.15 bits per heavy atom. The molecule has 106 valence electrons. The molecule has 2 rings (SSSR count). The summed E-state index contributed by atoms with van der Waals surface area (Å²) >= 11 is 0. The first-order chi connectivity index (χ1) is 9.32. The van der Waals surface area contributed by atoms with Crippen molar-refractivity contribution in [2.75, 3.05) is 5.32 Å². The number of hydrogen-bond acceptors (Lipinski definition) is 5. The molecule has 8 nitrogen and oxygen atoms in total. The fourth-order valence-electron chi connectivity index (χ4n) is 1.50. The van der Waals surface area contributed by atoms with Gasteiger partial charge in [-0.2, -0.15) is 5.10 Å². The van der Waals surface area contributed by atoms with Gasteiger partial charge in [-0.25, -0.2) is 9.78 Å². The summed E-state index contributed by atoms with van der Waals surface area (Å²) in [7, 11) is 0. The molecule has 0 aliphatic heterocycles. The normalized spacial score (nSPS) is 11.3. The Morgan fingerprint density at radius 3 is 2.70 bits per heavy atom. The highest BCUT2D eigenvalue weighted by molar-refractivity contribution is 6.02. The highest BCUT2D eigenvalue weighted by Crippen LogP contribution is 2.18. The van der Waals surface area contributed by atoms with E-state index >= 15 is 0 Å². The maximum absolute atomic E-state index is 11.9. The average molecular weight is 278 g/mol. The number of oxazole rings is 1. The molecule has 2 N–H and O–H groups in total. The number of carbonyl (C=O) groups is 2. The topological polar surface area (TPSA) is 110 Å². The summed E-state index contributed by atoms with van der Waals surface area (Å²) in [5, 5.41) is 15.6. The standard InChI is InChI=1S/C12H14N4O4/c1-7-9(20-6-13-7)10(17)15-8-4-14-16(5-8)12(2,3)11(18)19/h4-6H,1-3H3,(H,15,17)(H,18,19). The third-order valence-corrected chi connectivity index (χ3v) is 2.89. The summed E-state index contributed by atoms with van der Waals surface area (Å²) in [4.78, 5) is 26.8. The van der Waals surface area contributed by atoms with E-state index < -0.39 is 17.4 Å². The summed E-state index contributed by atoms with van der Waals surface area (Å²) in [6.07, 6.45) is 3.99. The predicted octanol–water partition coefficient (Wildman–Crippen LogP) is 1.25. The van der Waals surface area contributed by atoms with E-state index in [1.54, 1.807) is 6.92 Å². The van der Waals surface area contributed by atoms with Gasteiger partial charge in [0.15, 0.2) is 11.9 Å². The summed E-state index contributed by atoms with van der Waals surface area (Å²) < 4.78 is 6.23. The number of carboxylic acid groups (broad SMARTS) is 1. The number of anilines is 1. The minimum atomic E-state index is -1.20. The highest BCUT2D eigenvalue weighted by Gasteiger charge is 2.30. The fraction of sp³-hybridized carbons (Fsp3) is 0.333. The second-order valence-corrected chi connectivity index (χ2v) is 4.76. The molecule has 2 aromatic rings. The van der Waals surface area contributed by atoms with E-state index in [9.17, 15) is 9.59 Å². The van der Waals surface area contributed by atoms with Crippen LogP contribution in [0.5, 0.6) is 0 Å². The SMILES string of the molecule is Cc1ncoc1C(=O)Nc1cnn(C(C)(C)C(=O)O)c1. The highest BCUT2D eigenvalue weighted by atomic mass is 16.4. The molecule has 0 atom stereocenters.